The van der Waals surface area contributed by atoms with Crippen LogP contribution in [0.5, 0.6) is 5.75 Å². The summed E-state index contributed by atoms with van der Waals surface area (Å²) >= 11 is 0. The summed E-state index contributed by atoms with van der Waals surface area (Å²) in [5.74, 6) is -2.13. The zero-order valence-corrected chi connectivity index (χ0v) is 12.8. The van der Waals surface area contributed by atoms with Gasteiger partial charge in [0.15, 0.2) is 5.71 Å². The number of nitrogens with one attached hydrogen (secondary N) is 1. The molecule has 3 rings (SSSR count). The summed E-state index contributed by atoms with van der Waals surface area (Å²) in [5, 5.41) is 3.82. The fourth-order valence-electron chi connectivity index (χ4n) is 2.82. The molecule has 2 amide bonds. The Balaban J connectivity index is 1.99. The number of nitrogens with zero attached hydrogens (tertiary/aromatic N) is 2. The fraction of sp³-hybridized carbons (Fsp3) is 0.333. The van der Waals surface area contributed by atoms with Crippen molar-refractivity contribution in [3.05, 3.63) is 24.3 Å². The minimum atomic E-state index is -1.29. The number of carbonyl (C=O) groups excluding carboxylic acids is 3. The van der Waals surface area contributed by atoms with Gasteiger partial charge in [-0.2, -0.15) is 5.10 Å². The van der Waals surface area contributed by atoms with Gasteiger partial charge >= 0.3 is 5.97 Å². The molecule has 2 aliphatic heterocycles. The van der Waals surface area contributed by atoms with Crippen molar-refractivity contribution >= 4 is 29.2 Å². The van der Waals surface area contributed by atoms with Gasteiger partial charge in [0.05, 0.1) is 19.9 Å². The molecule has 0 aromatic heterocycles. The van der Waals surface area contributed by atoms with E-state index >= 15 is 0 Å². The van der Waals surface area contributed by atoms with E-state index < -0.39 is 29.2 Å². The van der Waals surface area contributed by atoms with E-state index in [1.807, 2.05) is 0 Å². The molecule has 0 aliphatic carbocycles. The number of ether oxygens (including phenoxy) is 2. The van der Waals surface area contributed by atoms with Crippen molar-refractivity contribution in [2.75, 3.05) is 19.1 Å². The maximum Gasteiger partial charge on any atom is 0.355 e. The van der Waals surface area contributed by atoms with E-state index in [1.54, 1.807) is 31.2 Å². The number of hydrogen-bond acceptors (Lipinski definition) is 7. The van der Waals surface area contributed by atoms with Gasteiger partial charge in [-0.05, 0) is 31.2 Å². The largest absolute Gasteiger partial charge is 0.497 e. The van der Waals surface area contributed by atoms with Gasteiger partial charge in [0.25, 0.3) is 5.91 Å². The van der Waals surface area contributed by atoms with Crippen LogP contribution >= 0.6 is 0 Å². The number of methoxy groups -OCH3 is 2. The molecule has 0 radical (unpaired) electrons. The number of carbonyl (C=O) groups is 3. The topological polar surface area (TPSA) is 97.3 Å². The van der Waals surface area contributed by atoms with Crippen LogP contribution < -0.4 is 15.1 Å². The molecule has 120 valence electrons. The Morgan fingerprint density at radius 1 is 1.26 bits per heavy atom. The first-order chi connectivity index (χ1) is 10.9. The molecule has 0 spiro atoms. The predicted octanol–water partition coefficient (Wildman–Crippen LogP) is 0.0755. The zero-order chi connectivity index (χ0) is 16.8. The number of esters is 1. The van der Waals surface area contributed by atoms with Crippen LogP contribution in [0.25, 0.3) is 0 Å². The number of hydrogen-bond donors (Lipinski definition) is 1. The smallest absolute Gasteiger partial charge is 0.355 e. The summed E-state index contributed by atoms with van der Waals surface area (Å²) in [4.78, 5) is 38.3. The van der Waals surface area contributed by atoms with Crippen LogP contribution in [0.3, 0.4) is 0 Å². The average molecular weight is 317 g/mol. The van der Waals surface area contributed by atoms with E-state index in [0.717, 1.165) is 4.90 Å². The normalized spacial score (nSPS) is 25.8. The molecule has 1 saturated heterocycles. The first-order valence-electron chi connectivity index (χ1n) is 6.89. The predicted molar refractivity (Wildman–Crippen MR) is 80.0 cm³/mol. The fourth-order valence-corrected chi connectivity index (χ4v) is 2.82. The molecular weight excluding hydrogens is 302 g/mol. The summed E-state index contributed by atoms with van der Waals surface area (Å²) in [7, 11) is 2.72. The van der Waals surface area contributed by atoms with E-state index in [0.29, 0.717) is 11.4 Å². The Hall–Kier alpha value is -2.90. The molecule has 0 saturated carbocycles. The number of anilines is 1. The molecular formula is C15H15N3O5. The van der Waals surface area contributed by atoms with Crippen molar-refractivity contribution in [2.45, 2.75) is 12.5 Å². The van der Waals surface area contributed by atoms with Crippen molar-refractivity contribution in [3.63, 3.8) is 0 Å². The lowest BCUT2D eigenvalue weighted by Gasteiger charge is -2.20. The molecule has 1 fully saturated rings. The van der Waals surface area contributed by atoms with Crippen LogP contribution in [-0.4, -0.2) is 43.3 Å². The molecule has 2 aliphatic rings. The van der Waals surface area contributed by atoms with Crippen molar-refractivity contribution < 1.29 is 23.9 Å². The van der Waals surface area contributed by atoms with Gasteiger partial charge in [-0.15, -0.1) is 0 Å². The van der Waals surface area contributed by atoms with E-state index in [9.17, 15) is 14.4 Å². The van der Waals surface area contributed by atoms with Gasteiger partial charge < -0.3 is 9.47 Å². The van der Waals surface area contributed by atoms with Gasteiger partial charge in [0.2, 0.25) is 5.91 Å². The Kier molecular flexibility index (Phi) is 3.32. The number of rotatable bonds is 3. The van der Waals surface area contributed by atoms with Crippen molar-refractivity contribution in [3.8, 4) is 5.75 Å². The Morgan fingerprint density at radius 3 is 2.48 bits per heavy atom. The lowest BCUT2D eigenvalue weighted by atomic mass is 9.86. The quantitative estimate of drug-likeness (QED) is 0.626. The van der Waals surface area contributed by atoms with Gasteiger partial charge in [0, 0.05) is 0 Å². The number of benzene rings is 1. The third-order valence-electron chi connectivity index (χ3n) is 4.10. The van der Waals surface area contributed by atoms with E-state index in [4.69, 9.17) is 4.74 Å². The molecule has 2 unspecified atom stereocenters. The van der Waals surface area contributed by atoms with Crippen LogP contribution in [0, 0.1) is 5.92 Å². The molecule has 1 aromatic rings. The highest BCUT2D eigenvalue weighted by atomic mass is 16.5. The molecule has 2 heterocycles. The maximum atomic E-state index is 12.7. The summed E-state index contributed by atoms with van der Waals surface area (Å²) in [6.07, 6.45) is 0. The van der Waals surface area contributed by atoms with Gasteiger partial charge in [0.1, 0.15) is 17.2 Å². The zero-order valence-electron chi connectivity index (χ0n) is 12.8. The number of hydrazone groups is 1. The van der Waals surface area contributed by atoms with Crippen LogP contribution in [0.15, 0.2) is 29.4 Å². The third-order valence-corrected chi connectivity index (χ3v) is 4.10. The Labute approximate surface area is 132 Å². The van der Waals surface area contributed by atoms with Crippen LogP contribution in [0.1, 0.15) is 6.92 Å². The minimum Gasteiger partial charge on any atom is -0.497 e. The summed E-state index contributed by atoms with van der Waals surface area (Å²) in [6.45, 7) is 1.54. The van der Waals surface area contributed by atoms with Crippen molar-refractivity contribution in [1.82, 2.24) is 5.43 Å². The first-order valence-corrected chi connectivity index (χ1v) is 6.89. The monoisotopic (exact) mass is 317 g/mol. The minimum absolute atomic E-state index is 0.0932. The lowest BCUT2D eigenvalue weighted by molar-refractivity contribution is -0.133. The maximum absolute atomic E-state index is 12.7. The molecule has 2 atom stereocenters. The molecule has 1 aromatic carbocycles. The second-order valence-corrected chi connectivity index (χ2v) is 5.41. The number of amides is 2. The van der Waals surface area contributed by atoms with Gasteiger partial charge in [-0.25, -0.2) is 9.69 Å². The SMILES string of the molecule is COC(=O)C1=NNC2(C)C(=O)N(c3ccc(OC)cc3)C(=O)C12. The van der Waals surface area contributed by atoms with Crippen molar-refractivity contribution in [2.24, 2.45) is 11.0 Å². The molecule has 8 heteroatoms. The number of fused-ring (bicyclic) bond motifs is 1. The number of imide groups is 1. The summed E-state index contributed by atoms with van der Waals surface area (Å²) < 4.78 is 9.70. The van der Waals surface area contributed by atoms with E-state index in [-0.39, 0.29) is 5.71 Å². The van der Waals surface area contributed by atoms with Crippen molar-refractivity contribution in [1.29, 1.82) is 0 Å². The van der Waals surface area contributed by atoms with Crippen LogP contribution in [0.2, 0.25) is 0 Å². The third kappa shape index (κ3) is 1.98. The lowest BCUT2D eigenvalue weighted by Crippen LogP contribution is -2.48. The molecule has 0 bridgehead atoms. The van der Waals surface area contributed by atoms with E-state index in [2.05, 4.69) is 15.3 Å². The Bertz CT molecular complexity index is 727. The Morgan fingerprint density at radius 2 is 1.91 bits per heavy atom. The standard InChI is InChI=1S/C15H15N3O5/c1-15-10(11(16-17-15)13(20)23-3)12(19)18(14(15)21)8-4-6-9(22-2)7-5-8/h4-7,10,17H,1-3H3. The molecule has 23 heavy (non-hydrogen) atoms. The highest BCUT2D eigenvalue weighted by Gasteiger charge is 2.63. The van der Waals surface area contributed by atoms with Gasteiger partial charge in [-0.3, -0.25) is 15.0 Å². The molecule has 1 N–H and O–H groups in total. The van der Waals surface area contributed by atoms with E-state index in [1.165, 1.54) is 14.2 Å². The van der Waals surface area contributed by atoms with Crippen LogP contribution in [0.4, 0.5) is 5.69 Å². The van der Waals surface area contributed by atoms with Gasteiger partial charge in [-0.1, -0.05) is 0 Å². The highest BCUT2D eigenvalue weighted by Crippen LogP contribution is 2.38. The second kappa shape index (κ2) is 5.08. The van der Waals surface area contributed by atoms with Crippen LogP contribution in [-0.2, 0) is 19.1 Å². The highest BCUT2D eigenvalue weighted by molar-refractivity contribution is 6.47. The summed E-state index contributed by atoms with van der Waals surface area (Å²) in [5.41, 5.74) is 1.63. The summed E-state index contributed by atoms with van der Waals surface area (Å²) in [6, 6.07) is 6.51. The second-order valence-electron chi connectivity index (χ2n) is 5.41. The average Bonchev–Trinajstić information content (AvgIpc) is 3.01. The first kappa shape index (κ1) is 15.0. The molecule has 8 nitrogen and oxygen atoms in total.